The third kappa shape index (κ3) is 4.30. The van der Waals surface area contributed by atoms with Gasteiger partial charge in [-0.2, -0.15) is 0 Å². The average molecular weight is 361 g/mol. The summed E-state index contributed by atoms with van der Waals surface area (Å²) in [5.74, 6) is -0.163. The molecular weight excluding hydrogens is 342 g/mol. The molecule has 2 N–H and O–H groups in total. The zero-order chi connectivity index (χ0) is 19.2. The quantitative estimate of drug-likeness (QED) is 0.667. The predicted molar refractivity (Wildman–Crippen MR) is 104 cm³/mol. The van der Waals surface area contributed by atoms with Gasteiger partial charge in [0.15, 0.2) is 0 Å². The number of aromatic nitrogens is 1. The summed E-state index contributed by atoms with van der Waals surface area (Å²) < 4.78 is 4.78. The maximum absolute atomic E-state index is 12.4. The zero-order valence-electron chi connectivity index (χ0n) is 15.0. The zero-order valence-corrected chi connectivity index (χ0v) is 15.0. The molecule has 27 heavy (non-hydrogen) atoms. The van der Waals surface area contributed by atoms with E-state index in [0.717, 1.165) is 11.3 Å². The van der Waals surface area contributed by atoms with Gasteiger partial charge in [-0.25, -0.2) is 9.78 Å². The highest BCUT2D eigenvalue weighted by Gasteiger charge is 2.12. The number of nitrogens with zero attached hydrogens (tertiary/aromatic N) is 1. The normalized spacial score (nSPS) is 10.1. The van der Waals surface area contributed by atoms with Crippen LogP contribution in [0.5, 0.6) is 0 Å². The van der Waals surface area contributed by atoms with Crippen LogP contribution in [0.2, 0.25) is 0 Å². The van der Waals surface area contributed by atoms with Gasteiger partial charge in [0.05, 0.1) is 23.9 Å². The molecule has 0 fully saturated rings. The minimum absolute atomic E-state index is 0.238. The fourth-order valence-corrected chi connectivity index (χ4v) is 2.53. The van der Waals surface area contributed by atoms with Gasteiger partial charge in [0.25, 0.3) is 5.91 Å². The lowest BCUT2D eigenvalue weighted by Gasteiger charge is -2.11. The lowest BCUT2D eigenvalue weighted by atomic mass is 10.1. The van der Waals surface area contributed by atoms with Gasteiger partial charge in [-0.3, -0.25) is 4.79 Å². The Hall–Kier alpha value is -3.67. The van der Waals surface area contributed by atoms with E-state index in [1.807, 2.05) is 31.2 Å². The largest absolute Gasteiger partial charge is 0.465 e. The molecule has 2 aromatic carbocycles. The van der Waals surface area contributed by atoms with E-state index < -0.39 is 5.97 Å². The number of amides is 1. The van der Waals surface area contributed by atoms with Crippen LogP contribution < -0.4 is 10.6 Å². The van der Waals surface area contributed by atoms with E-state index in [9.17, 15) is 9.59 Å². The Morgan fingerprint density at radius 2 is 1.63 bits per heavy atom. The smallest absolute Gasteiger partial charge is 0.339 e. The van der Waals surface area contributed by atoms with E-state index in [4.69, 9.17) is 4.74 Å². The third-order valence-corrected chi connectivity index (χ3v) is 4.01. The molecule has 0 spiro atoms. The number of ether oxygens (including phenoxy) is 1. The topological polar surface area (TPSA) is 80.3 Å². The van der Waals surface area contributed by atoms with E-state index in [2.05, 4.69) is 15.6 Å². The van der Waals surface area contributed by atoms with E-state index in [-0.39, 0.29) is 5.91 Å². The summed E-state index contributed by atoms with van der Waals surface area (Å²) in [5.41, 5.74) is 3.16. The predicted octanol–water partition coefficient (Wildman–Crippen LogP) is 4.17. The molecule has 1 amide bonds. The highest BCUT2D eigenvalue weighted by molar-refractivity contribution is 6.04. The Morgan fingerprint density at radius 3 is 2.30 bits per heavy atom. The Balaban J connectivity index is 1.74. The number of carbonyl (C=O) groups is 2. The van der Waals surface area contributed by atoms with Crippen molar-refractivity contribution < 1.29 is 14.3 Å². The molecule has 1 heterocycles. The van der Waals surface area contributed by atoms with Crippen LogP contribution >= 0.6 is 0 Å². The molecule has 0 aliphatic heterocycles. The number of pyridine rings is 1. The summed E-state index contributed by atoms with van der Waals surface area (Å²) in [5, 5.41) is 5.94. The molecule has 3 aromatic rings. The van der Waals surface area contributed by atoms with E-state index in [1.54, 1.807) is 36.4 Å². The number of esters is 1. The Labute approximate surface area is 157 Å². The van der Waals surface area contributed by atoms with Crippen molar-refractivity contribution in [2.45, 2.75) is 6.92 Å². The van der Waals surface area contributed by atoms with Crippen LogP contribution in [-0.2, 0) is 4.74 Å². The SMILES string of the molecule is COC(=O)c1ccccc1Nc1ccc(C(=O)Nc2ccccc2C)cn1. The van der Waals surface area contributed by atoms with Gasteiger partial charge in [-0.05, 0) is 42.8 Å². The fraction of sp³-hybridized carbons (Fsp3) is 0.0952. The van der Waals surface area contributed by atoms with Crippen molar-refractivity contribution in [3.05, 3.63) is 83.6 Å². The number of methoxy groups -OCH3 is 1. The standard InChI is InChI=1S/C21H19N3O3/c1-14-7-3-5-9-17(14)24-20(25)15-11-12-19(22-13-15)23-18-10-6-4-8-16(18)21(26)27-2/h3-13H,1-2H3,(H,22,23)(H,24,25). The van der Waals surface area contributed by atoms with Crippen LogP contribution in [0, 0.1) is 6.92 Å². The van der Waals surface area contributed by atoms with Crippen molar-refractivity contribution in [1.82, 2.24) is 4.98 Å². The van der Waals surface area contributed by atoms with Crippen molar-refractivity contribution >= 4 is 29.1 Å². The second kappa shape index (κ2) is 8.14. The number of nitrogens with one attached hydrogen (secondary N) is 2. The van der Waals surface area contributed by atoms with E-state index in [1.165, 1.54) is 13.3 Å². The van der Waals surface area contributed by atoms with Gasteiger partial charge in [-0.1, -0.05) is 30.3 Å². The molecule has 136 valence electrons. The number of carbonyl (C=O) groups excluding carboxylic acids is 2. The highest BCUT2D eigenvalue weighted by Crippen LogP contribution is 2.21. The monoisotopic (exact) mass is 361 g/mol. The van der Waals surface area contributed by atoms with Crippen molar-refractivity contribution in [3.8, 4) is 0 Å². The third-order valence-electron chi connectivity index (χ3n) is 4.01. The number of aryl methyl sites for hydroxylation is 1. The van der Waals surface area contributed by atoms with Gasteiger partial charge < -0.3 is 15.4 Å². The first-order valence-corrected chi connectivity index (χ1v) is 8.36. The van der Waals surface area contributed by atoms with Crippen molar-refractivity contribution in [3.63, 3.8) is 0 Å². The molecule has 0 saturated carbocycles. The number of hydrogen-bond donors (Lipinski definition) is 2. The number of para-hydroxylation sites is 2. The van der Waals surface area contributed by atoms with Gasteiger partial charge in [0, 0.05) is 11.9 Å². The molecule has 6 heteroatoms. The first-order valence-electron chi connectivity index (χ1n) is 8.36. The average Bonchev–Trinajstić information content (AvgIpc) is 2.70. The maximum Gasteiger partial charge on any atom is 0.339 e. The van der Waals surface area contributed by atoms with Gasteiger partial charge in [0.1, 0.15) is 5.82 Å². The van der Waals surface area contributed by atoms with Gasteiger partial charge >= 0.3 is 5.97 Å². The second-order valence-corrected chi connectivity index (χ2v) is 5.86. The van der Waals surface area contributed by atoms with Crippen LogP contribution in [0.3, 0.4) is 0 Å². The van der Waals surface area contributed by atoms with Crippen molar-refractivity contribution in [2.24, 2.45) is 0 Å². The molecule has 0 aliphatic carbocycles. The number of anilines is 3. The van der Waals surface area contributed by atoms with E-state index in [0.29, 0.717) is 22.6 Å². The van der Waals surface area contributed by atoms with Gasteiger partial charge in [-0.15, -0.1) is 0 Å². The van der Waals surface area contributed by atoms with Gasteiger partial charge in [0.2, 0.25) is 0 Å². The molecular formula is C21H19N3O3. The summed E-state index contributed by atoms with van der Waals surface area (Å²) >= 11 is 0. The van der Waals surface area contributed by atoms with Crippen LogP contribution in [0.25, 0.3) is 0 Å². The summed E-state index contributed by atoms with van der Waals surface area (Å²) in [7, 11) is 1.33. The second-order valence-electron chi connectivity index (χ2n) is 5.86. The Morgan fingerprint density at radius 1 is 0.926 bits per heavy atom. The summed E-state index contributed by atoms with van der Waals surface area (Å²) in [4.78, 5) is 28.5. The van der Waals surface area contributed by atoms with E-state index >= 15 is 0 Å². The molecule has 0 bridgehead atoms. The summed E-state index contributed by atoms with van der Waals surface area (Å²) in [6.07, 6.45) is 1.48. The van der Waals surface area contributed by atoms with Crippen LogP contribution in [0.15, 0.2) is 66.9 Å². The van der Waals surface area contributed by atoms with Crippen molar-refractivity contribution in [2.75, 3.05) is 17.7 Å². The van der Waals surface area contributed by atoms with Crippen LogP contribution in [-0.4, -0.2) is 24.0 Å². The first-order chi connectivity index (χ1) is 13.1. The Bertz CT molecular complexity index is 968. The molecule has 0 unspecified atom stereocenters. The lowest BCUT2D eigenvalue weighted by molar-refractivity contribution is 0.0601. The molecule has 0 atom stereocenters. The number of hydrogen-bond acceptors (Lipinski definition) is 5. The Kier molecular flexibility index (Phi) is 5.47. The molecule has 3 rings (SSSR count). The summed E-state index contributed by atoms with van der Waals surface area (Å²) in [6.45, 7) is 1.93. The van der Waals surface area contributed by atoms with Crippen LogP contribution in [0.1, 0.15) is 26.3 Å². The van der Waals surface area contributed by atoms with Crippen LogP contribution in [0.4, 0.5) is 17.2 Å². The molecule has 0 aliphatic rings. The molecule has 6 nitrogen and oxygen atoms in total. The minimum atomic E-state index is -0.438. The fourth-order valence-electron chi connectivity index (χ4n) is 2.53. The number of rotatable bonds is 5. The summed E-state index contributed by atoms with van der Waals surface area (Å²) in [6, 6.07) is 17.9. The lowest BCUT2D eigenvalue weighted by Crippen LogP contribution is -2.13. The molecule has 0 saturated heterocycles. The molecule has 0 radical (unpaired) electrons. The highest BCUT2D eigenvalue weighted by atomic mass is 16.5. The number of benzene rings is 2. The first kappa shape index (κ1) is 18.1. The maximum atomic E-state index is 12.4. The van der Waals surface area contributed by atoms with Crippen molar-refractivity contribution in [1.29, 1.82) is 0 Å². The minimum Gasteiger partial charge on any atom is -0.465 e. The molecule has 1 aromatic heterocycles.